The second kappa shape index (κ2) is 7.66. The molecule has 21 heavy (non-hydrogen) atoms. The highest BCUT2D eigenvalue weighted by molar-refractivity contribution is 9.10. The molecule has 0 spiro atoms. The van der Waals surface area contributed by atoms with Crippen LogP contribution in [-0.4, -0.2) is 22.7 Å². The van der Waals surface area contributed by atoms with Crippen molar-refractivity contribution in [3.8, 4) is 11.3 Å². The van der Waals surface area contributed by atoms with Crippen molar-refractivity contribution in [1.82, 2.24) is 10.3 Å². The summed E-state index contributed by atoms with van der Waals surface area (Å²) in [6.07, 6.45) is 2.60. The van der Waals surface area contributed by atoms with Gasteiger partial charge >= 0.3 is 0 Å². The predicted molar refractivity (Wildman–Crippen MR) is 88.3 cm³/mol. The van der Waals surface area contributed by atoms with Gasteiger partial charge in [-0.25, -0.2) is 4.98 Å². The van der Waals surface area contributed by atoms with Crippen LogP contribution in [0.3, 0.4) is 0 Å². The molecule has 1 unspecified atom stereocenters. The zero-order chi connectivity index (χ0) is 15.2. The first-order chi connectivity index (χ1) is 10.1. The van der Waals surface area contributed by atoms with Gasteiger partial charge in [-0.1, -0.05) is 46.7 Å². The summed E-state index contributed by atoms with van der Waals surface area (Å²) < 4.78 is 6.66. The zero-order valence-electron chi connectivity index (χ0n) is 11.9. The lowest BCUT2D eigenvalue weighted by atomic mass is 10.2. The molecule has 1 N–H and O–H groups in total. The third-order valence-corrected chi connectivity index (χ3v) is 4.33. The highest BCUT2D eigenvalue weighted by Gasteiger charge is 2.10. The molecule has 0 radical (unpaired) electrons. The van der Waals surface area contributed by atoms with Crippen LogP contribution in [0.1, 0.15) is 20.3 Å². The summed E-state index contributed by atoms with van der Waals surface area (Å²) in [6, 6.07) is 8.00. The summed E-state index contributed by atoms with van der Waals surface area (Å²) in [5, 5.41) is 3.42. The van der Waals surface area contributed by atoms with E-state index in [2.05, 4.69) is 26.2 Å². The Kier molecular flexibility index (Phi) is 5.87. The Morgan fingerprint density at radius 3 is 2.81 bits per heavy atom. The van der Waals surface area contributed by atoms with E-state index in [4.69, 9.17) is 4.42 Å². The minimum absolute atomic E-state index is 0.00209. The molecule has 0 aliphatic rings. The van der Waals surface area contributed by atoms with Gasteiger partial charge < -0.3 is 9.73 Å². The SMILES string of the molecule is CCC(C)NC(=O)CSc1ncc(-c2ccc(Br)cc2)o1. The molecule has 0 bridgehead atoms. The molecular weight excluding hydrogens is 352 g/mol. The Balaban J connectivity index is 1.91. The number of benzene rings is 1. The van der Waals surface area contributed by atoms with E-state index in [1.54, 1.807) is 6.20 Å². The van der Waals surface area contributed by atoms with Gasteiger partial charge in [-0.15, -0.1) is 0 Å². The number of halogens is 1. The van der Waals surface area contributed by atoms with E-state index in [9.17, 15) is 4.79 Å². The van der Waals surface area contributed by atoms with Gasteiger partial charge in [-0.2, -0.15) is 0 Å². The number of hydrogen-bond acceptors (Lipinski definition) is 4. The second-order valence-corrected chi connectivity index (χ2v) is 6.51. The maximum atomic E-state index is 11.7. The summed E-state index contributed by atoms with van der Waals surface area (Å²) in [4.78, 5) is 15.9. The minimum atomic E-state index is -0.00209. The van der Waals surface area contributed by atoms with Crippen LogP contribution in [-0.2, 0) is 4.79 Å². The number of carbonyl (C=O) groups is 1. The van der Waals surface area contributed by atoms with E-state index in [-0.39, 0.29) is 11.9 Å². The smallest absolute Gasteiger partial charge is 0.256 e. The molecule has 0 aliphatic carbocycles. The quantitative estimate of drug-likeness (QED) is 0.779. The monoisotopic (exact) mass is 368 g/mol. The van der Waals surface area contributed by atoms with Crippen LogP contribution < -0.4 is 5.32 Å². The van der Waals surface area contributed by atoms with E-state index >= 15 is 0 Å². The fraction of sp³-hybridized carbons (Fsp3) is 0.333. The summed E-state index contributed by atoms with van der Waals surface area (Å²) in [6.45, 7) is 4.02. The van der Waals surface area contributed by atoms with Gasteiger partial charge in [-0.05, 0) is 25.5 Å². The van der Waals surface area contributed by atoms with E-state index < -0.39 is 0 Å². The van der Waals surface area contributed by atoms with Gasteiger partial charge in [0.15, 0.2) is 5.76 Å². The van der Waals surface area contributed by atoms with Gasteiger partial charge in [0.1, 0.15) is 0 Å². The van der Waals surface area contributed by atoms with Crippen LogP contribution in [0.2, 0.25) is 0 Å². The zero-order valence-corrected chi connectivity index (χ0v) is 14.3. The lowest BCUT2D eigenvalue weighted by molar-refractivity contribution is -0.119. The largest absolute Gasteiger partial charge is 0.431 e. The molecular formula is C15H17BrN2O2S. The van der Waals surface area contributed by atoms with Crippen molar-refractivity contribution in [2.45, 2.75) is 31.5 Å². The second-order valence-electron chi connectivity index (χ2n) is 4.66. The first-order valence-electron chi connectivity index (χ1n) is 6.72. The number of aromatic nitrogens is 1. The molecule has 1 aromatic heterocycles. The van der Waals surface area contributed by atoms with Crippen LogP contribution in [0.15, 0.2) is 44.6 Å². The molecule has 4 nitrogen and oxygen atoms in total. The van der Waals surface area contributed by atoms with E-state index in [1.807, 2.05) is 38.1 Å². The lowest BCUT2D eigenvalue weighted by Gasteiger charge is -2.09. The fourth-order valence-electron chi connectivity index (χ4n) is 1.62. The summed E-state index contributed by atoms with van der Waals surface area (Å²) in [5.41, 5.74) is 0.960. The molecule has 1 atom stereocenters. The minimum Gasteiger partial charge on any atom is -0.431 e. The number of nitrogens with one attached hydrogen (secondary N) is 1. The normalized spacial score (nSPS) is 12.1. The van der Waals surface area contributed by atoms with Gasteiger partial charge in [-0.3, -0.25) is 4.79 Å². The van der Waals surface area contributed by atoms with Crippen LogP contribution in [0.5, 0.6) is 0 Å². The number of amides is 1. The Labute approximate surface area is 136 Å². The van der Waals surface area contributed by atoms with Gasteiger partial charge in [0.25, 0.3) is 5.22 Å². The summed E-state index contributed by atoms with van der Waals surface area (Å²) >= 11 is 4.70. The third-order valence-electron chi connectivity index (χ3n) is 2.96. The molecule has 0 saturated heterocycles. The van der Waals surface area contributed by atoms with Crippen LogP contribution in [0.4, 0.5) is 0 Å². The number of hydrogen-bond donors (Lipinski definition) is 1. The molecule has 0 fully saturated rings. The maximum absolute atomic E-state index is 11.7. The highest BCUT2D eigenvalue weighted by atomic mass is 79.9. The first kappa shape index (κ1) is 16.1. The molecule has 0 saturated carbocycles. The van der Waals surface area contributed by atoms with Crippen molar-refractivity contribution in [2.24, 2.45) is 0 Å². The Hall–Kier alpha value is -1.27. The Bertz CT molecular complexity index is 598. The molecule has 1 heterocycles. The predicted octanol–water partition coefficient (Wildman–Crippen LogP) is 4.11. The molecule has 1 amide bonds. The van der Waals surface area contributed by atoms with Gasteiger partial charge in [0, 0.05) is 16.1 Å². The molecule has 0 aliphatic heterocycles. The first-order valence-corrected chi connectivity index (χ1v) is 8.50. The molecule has 1 aromatic carbocycles. The standard InChI is InChI=1S/C15H17BrN2O2S/c1-3-10(2)18-14(19)9-21-15-17-8-13(20-15)11-4-6-12(16)7-5-11/h4-8,10H,3,9H2,1-2H3,(H,18,19). The molecule has 2 rings (SSSR count). The topological polar surface area (TPSA) is 55.1 Å². The average Bonchev–Trinajstić information content (AvgIpc) is 2.94. The van der Waals surface area contributed by atoms with Crippen molar-refractivity contribution in [1.29, 1.82) is 0 Å². The number of carbonyl (C=O) groups excluding carboxylic acids is 1. The van der Waals surface area contributed by atoms with Crippen molar-refractivity contribution >= 4 is 33.6 Å². The van der Waals surface area contributed by atoms with E-state index in [1.165, 1.54) is 11.8 Å². The molecule has 6 heteroatoms. The van der Waals surface area contributed by atoms with E-state index in [0.29, 0.717) is 16.7 Å². The summed E-state index contributed by atoms with van der Waals surface area (Å²) in [7, 11) is 0. The van der Waals surface area contributed by atoms with Crippen molar-refractivity contribution in [2.75, 3.05) is 5.75 Å². The number of rotatable bonds is 6. The molecule has 112 valence electrons. The van der Waals surface area contributed by atoms with Crippen LogP contribution in [0, 0.1) is 0 Å². The van der Waals surface area contributed by atoms with Gasteiger partial charge in [0.05, 0.1) is 11.9 Å². The van der Waals surface area contributed by atoms with Crippen molar-refractivity contribution < 1.29 is 9.21 Å². The van der Waals surface area contributed by atoms with Gasteiger partial charge in [0.2, 0.25) is 5.91 Å². The average molecular weight is 369 g/mol. The van der Waals surface area contributed by atoms with Crippen LogP contribution >= 0.6 is 27.7 Å². The summed E-state index contributed by atoms with van der Waals surface area (Å²) in [5.74, 6) is 1.01. The lowest BCUT2D eigenvalue weighted by Crippen LogP contribution is -2.33. The number of oxazole rings is 1. The fourth-order valence-corrected chi connectivity index (χ4v) is 2.50. The van der Waals surface area contributed by atoms with Crippen molar-refractivity contribution in [3.05, 3.63) is 34.9 Å². The van der Waals surface area contributed by atoms with Crippen molar-refractivity contribution in [3.63, 3.8) is 0 Å². The number of thioether (sulfide) groups is 1. The number of nitrogens with zero attached hydrogens (tertiary/aromatic N) is 1. The Morgan fingerprint density at radius 2 is 2.14 bits per heavy atom. The third kappa shape index (κ3) is 4.89. The highest BCUT2D eigenvalue weighted by Crippen LogP contribution is 2.26. The maximum Gasteiger partial charge on any atom is 0.256 e. The Morgan fingerprint density at radius 1 is 1.43 bits per heavy atom. The van der Waals surface area contributed by atoms with Crippen LogP contribution in [0.25, 0.3) is 11.3 Å². The van der Waals surface area contributed by atoms with E-state index in [0.717, 1.165) is 16.5 Å². The molecule has 2 aromatic rings.